The molecule has 1 heteroatoms. The molecule has 6 saturated carbocycles. The van der Waals surface area contributed by atoms with Crippen molar-refractivity contribution in [1.29, 1.82) is 0 Å². The number of hydrogen-bond donors (Lipinski definition) is 1. The Bertz CT molecular complexity index is 1510. The van der Waals surface area contributed by atoms with Gasteiger partial charge in [0.15, 0.2) is 0 Å². The van der Waals surface area contributed by atoms with Crippen molar-refractivity contribution < 1.29 is 0 Å². The topological polar surface area (TPSA) is 0 Å². The predicted molar refractivity (Wildman–Crippen MR) is 239 cm³/mol. The largest absolute Gasteiger partial charge is 0.169 e. The third-order valence-corrected chi connectivity index (χ3v) is 19.4. The van der Waals surface area contributed by atoms with Gasteiger partial charge in [-0.3, -0.25) is 0 Å². The molecule has 54 heavy (non-hydrogen) atoms. The quantitative estimate of drug-likeness (QED) is 0.125. The van der Waals surface area contributed by atoms with Gasteiger partial charge >= 0.3 is 0 Å². The van der Waals surface area contributed by atoms with Crippen LogP contribution in [0.4, 0.5) is 0 Å². The molecule has 0 aliphatic heterocycles. The summed E-state index contributed by atoms with van der Waals surface area (Å²) in [5, 5.41) is 0. The summed E-state index contributed by atoms with van der Waals surface area (Å²) in [5.74, 6) is 5.84. The maximum Gasteiger partial charge on any atom is 0.0279 e. The molecule has 0 heterocycles. The second kappa shape index (κ2) is 15.5. The molecule has 0 N–H and O–H groups in total. The summed E-state index contributed by atoms with van der Waals surface area (Å²) < 4.78 is -0.0993. The van der Waals surface area contributed by atoms with E-state index >= 15 is 0 Å². The first kappa shape index (κ1) is 41.0. The van der Waals surface area contributed by atoms with Crippen molar-refractivity contribution >= 4 is 12.6 Å². The van der Waals surface area contributed by atoms with Gasteiger partial charge in [-0.25, -0.2) is 0 Å². The summed E-state index contributed by atoms with van der Waals surface area (Å²) in [6.07, 6.45) is 34.6. The first-order chi connectivity index (χ1) is 25.6. The van der Waals surface area contributed by atoms with Crippen molar-refractivity contribution in [3.63, 3.8) is 0 Å². The Labute approximate surface area is 340 Å². The summed E-state index contributed by atoms with van der Waals surface area (Å²) in [4.78, 5) is 0. The number of hydrogen-bond acceptors (Lipinski definition) is 1. The van der Waals surface area contributed by atoms with Crippen LogP contribution in [0, 0.1) is 63.1 Å². The van der Waals surface area contributed by atoms with Crippen molar-refractivity contribution in [3.05, 3.63) is 72.4 Å². The Morgan fingerprint density at radius 2 is 1.54 bits per heavy atom. The molecule has 0 saturated heterocycles. The van der Waals surface area contributed by atoms with E-state index in [1.807, 2.05) is 0 Å². The van der Waals surface area contributed by atoms with Gasteiger partial charge in [0.1, 0.15) is 0 Å². The van der Waals surface area contributed by atoms with Crippen molar-refractivity contribution in [2.45, 2.75) is 193 Å². The molecule has 7 rings (SSSR count). The summed E-state index contributed by atoms with van der Waals surface area (Å²) in [7, 11) is 0. The van der Waals surface area contributed by atoms with Crippen LogP contribution in [0.15, 0.2) is 72.4 Å². The maximum atomic E-state index is 5.02. The van der Waals surface area contributed by atoms with Gasteiger partial charge in [0.05, 0.1) is 0 Å². The molecule has 11 atom stereocenters. The number of thiol groups is 1. The predicted octanol–water partition coefficient (Wildman–Crippen LogP) is 16.2. The molecule has 7 aliphatic rings. The van der Waals surface area contributed by atoms with Crippen LogP contribution in [-0.4, -0.2) is 4.75 Å². The van der Waals surface area contributed by atoms with E-state index in [1.54, 1.807) is 27.9 Å². The third kappa shape index (κ3) is 7.59. The van der Waals surface area contributed by atoms with Crippen LogP contribution >= 0.6 is 12.6 Å². The normalized spacial score (nSPS) is 41.7. The molecule has 0 radical (unpaired) electrons. The van der Waals surface area contributed by atoms with E-state index in [9.17, 15) is 0 Å². The Balaban J connectivity index is 1.11. The molecule has 4 bridgehead atoms. The highest BCUT2D eigenvalue weighted by Crippen LogP contribution is 2.67. The van der Waals surface area contributed by atoms with E-state index in [2.05, 4.69) is 60.4 Å². The minimum Gasteiger partial charge on any atom is -0.169 e. The van der Waals surface area contributed by atoms with Crippen molar-refractivity contribution in [2.75, 3.05) is 0 Å². The fourth-order valence-corrected chi connectivity index (χ4v) is 15.1. The van der Waals surface area contributed by atoms with Gasteiger partial charge in [0.2, 0.25) is 0 Å². The molecule has 11 unspecified atom stereocenters. The zero-order chi connectivity index (χ0) is 38.7. The van der Waals surface area contributed by atoms with Crippen LogP contribution in [0.1, 0.15) is 189 Å². The summed E-state index contributed by atoms with van der Waals surface area (Å²) in [6, 6.07) is 0. The maximum absolute atomic E-state index is 5.02. The molecule has 0 aromatic carbocycles. The first-order valence-corrected chi connectivity index (χ1v) is 23.9. The van der Waals surface area contributed by atoms with E-state index in [0.717, 1.165) is 41.4 Å². The molecular formula is C53H82S. The average molecular weight is 751 g/mol. The Kier molecular flexibility index (Phi) is 11.8. The molecule has 0 aromatic heterocycles. The highest BCUT2D eigenvalue weighted by Gasteiger charge is 2.56. The van der Waals surface area contributed by atoms with Crippen LogP contribution in [0.5, 0.6) is 0 Å². The zero-order valence-corrected chi connectivity index (χ0v) is 37.0. The SMILES string of the molecule is C=CC1=C2CCC2CC(CC)(C(=C)CCC2CC3(CCC4CC3CC(CC)(CC(=C)C(C)(C)S)C4)CC2CCC(=C)C23CCC(=C)C(CC(CC)C2)C3)C1. The fourth-order valence-electron chi connectivity index (χ4n) is 15.0. The third-order valence-electron chi connectivity index (χ3n) is 19.0. The Morgan fingerprint density at radius 1 is 0.815 bits per heavy atom. The fraction of sp³-hybridized carbons (Fsp3) is 0.774. The minimum absolute atomic E-state index is 0.0993. The average Bonchev–Trinajstić information content (AvgIpc) is 3.50. The van der Waals surface area contributed by atoms with Crippen molar-refractivity contribution in [2.24, 2.45) is 63.1 Å². The lowest BCUT2D eigenvalue weighted by molar-refractivity contribution is -0.0398. The lowest BCUT2D eigenvalue weighted by Gasteiger charge is -2.55. The summed E-state index contributed by atoms with van der Waals surface area (Å²) in [6.45, 7) is 35.4. The minimum atomic E-state index is -0.0993. The lowest BCUT2D eigenvalue weighted by atomic mass is 9.50. The van der Waals surface area contributed by atoms with Crippen molar-refractivity contribution in [1.82, 2.24) is 0 Å². The second-order valence-corrected chi connectivity index (χ2v) is 23.2. The molecule has 300 valence electrons. The van der Waals surface area contributed by atoms with E-state index in [-0.39, 0.29) is 10.2 Å². The number of rotatable bonds is 15. The van der Waals surface area contributed by atoms with E-state index in [1.165, 1.54) is 160 Å². The standard InChI is InChI=1S/C53H82S/c1-11-40-25-46-34-52(29-40,23-21-36(46)5)38(7)16-18-44-32-53(24-22-41-26-47(53)35-50(13-3,28-41)27-39(8)49(9,10)54)31-43(44)17-15-37(6)51(14-4)30-42(12-2)48-20-19-45(48)33-51/h12,40-41,43-47,54H,2,5-8,11,13-35H2,1,3-4,9-10H3. The van der Waals surface area contributed by atoms with Crippen LogP contribution < -0.4 is 0 Å². The molecule has 7 aliphatic carbocycles. The molecule has 0 aromatic rings. The summed E-state index contributed by atoms with van der Waals surface area (Å²) in [5.41, 5.74) is 11.0. The van der Waals surface area contributed by atoms with Crippen LogP contribution in [-0.2, 0) is 0 Å². The van der Waals surface area contributed by atoms with Gasteiger partial charge in [0, 0.05) is 4.75 Å². The van der Waals surface area contributed by atoms with Crippen LogP contribution in [0.3, 0.4) is 0 Å². The molecular weight excluding hydrogens is 669 g/mol. The second-order valence-electron chi connectivity index (χ2n) is 22.1. The number of allylic oxidation sites excluding steroid dienone is 6. The van der Waals surface area contributed by atoms with E-state index < -0.39 is 0 Å². The first-order valence-electron chi connectivity index (χ1n) is 23.4. The van der Waals surface area contributed by atoms with Crippen LogP contribution in [0.2, 0.25) is 0 Å². The van der Waals surface area contributed by atoms with E-state index in [4.69, 9.17) is 25.8 Å². The van der Waals surface area contributed by atoms with Crippen LogP contribution in [0.25, 0.3) is 0 Å². The van der Waals surface area contributed by atoms with Gasteiger partial charge in [-0.2, -0.15) is 12.6 Å². The monoisotopic (exact) mass is 751 g/mol. The van der Waals surface area contributed by atoms with Gasteiger partial charge < -0.3 is 0 Å². The summed E-state index contributed by atoms with van der Waals surface area (Å²) >= 11 is 5.01. The van der Waals surface area contributed by atoms with Gasteiger partial charge in [-0.1, -0.05) is 100 Å². The highest BCUT2D eigenvalue weighted by atomic mass is 32.1. The van der Waals surface area contributed by atoms with Gasteiger partial charge in [-0.05, 0) is 224 Å². The molecule has 0 nitrogen and oxygen atoms in total. The van der Waals surface area contributed by atoms with Crippen molar-refractivity contribution in [3.8, 4) is 0 Å². The highest BCUT2D eigenvalue weighted by molar-refractivity contribution is 7.82. The molecule has 6 fully saturated rings. The lowest BCUT2D eigenvalue weighted by Crippen LogP contribution is -2.45. The Hall–Kier alpha value is -1.21. The number of fused-ring (bicyclic) bond motifs is 6. The zero-order valence-electron chi connectivity index (χ0n) is 36.1. The Morgan fingerprint density at radius 3 is 2.15 bits per heavy atom. The van der Waals surface area contributed by atoms with Gasteiger partial charge in [-0.15, -0.1) is 0 Å². The molecule has 0 amide bonds. The van der Waals surface area contributed by atoms with Gasteiger partial charge in [0.25, 0.3) is 0 Å². The van der Waals surface area contributed by atoms with E-state index in [0.29, 0.717) is 16.2 Å². The smallest absolute Gasteiger partial charge is 0.0279 e. The molecule has 1 spiro atoms.